The molecule has 0 fully saturated rings. The normalized spacial score (nSPS) is 21.1. The van der Waals surface area contributed by atoms with E-state index in [0.29, 0.717) is 18.0 Å². The largest absolute Gasteiger partial charge is 0.330 e. The summed E-state index contributed by atoms with van der Waals surface area (Å²) in [6, 6.07) is 17.3. The van der Waals surface area contributed by atoms with Crippen LogP contribution in [0, 0.1) is 5.92 Å². The first kappa shape index (κ1) is 26.1. The lowest BCUT2D eigenvalue weighted by Crippen LogP contribution is -2.38. The number of fused-ring (bicyclic) bond motifs is 4. The molecule has 2 bridgehead atoms. The Morgan fingerprint density at radius 1 is 1.02 bits per heavy atom. The lowest BCUT2D eigenvalue weighted by molar-refractivity contribution is -0.129. The Labute approximate surface area is 238 Å². The lowest BCUT2D eigenvalue weighted by Gasteiger charge is -2.35. The number of carbonyl (C=O) groups is 2. The van der Waals surface area contributed by atoms with E-state index in [9.17, 15) is 9.59 Å². The zero-order chi connectivity index (χ0) is 27.6. The summed E-state index contributed by atoms with van der Waals surface area (Å²) in [7, 11) is 0. The summed E-state index contributed by atoms with van der Waals surface area (Å²) in [6.07, 6.45) is 10.1. The van der Waals surface area contributed by atoms with E-state index in [0.717, 1.165) is 58.6 Å². The summed E-state index contributed by atoms with van der Waals surface area (Å²) < 4.78 is 0. The van der Waals surface area contributed by atoms with Gasteiger partial charge in [0.2, 0.25) is 11.8 Å². The highest BCUT2D eigenvalue weighted by Crippen LogP contribution is 2.38. The third-order valence-corrected chi connectivity index (χ3v) is 8.05. The summed E-state index contributed by atoms with van der Waals surface area (Å²) in [5.74, 6) is -0.187. The standard InChI is InChI=1S/C31H31ClN6O2/c1-20-5-4-8-29(27-17-21(11-13-33-27)24-6-2-3-7-26(24)35-31(20)40)37-15-12-22(18-30(37)39)25-19-23(32)9-10-28(25)38-16-14-34-36-38/h2-3,6-7,9-11,13-14,16-20,29,34,36H,4-5,8,12,15H2,1H3,(H,35,40)/t20-,29+/m1/s1. The number of hydrazine groups is 2. The second-order valence-corrected chi connectivity index (χ2v) is 10.8. The van der Waals surface area contributed by atoms with Crippen molar-refractivity contribution < 1.29 is 9.59 Å². The van der Waals surface area contributed by atoms with E-state index in [4.69, 9.17) is 16.6 Å². The van der Waals surface area contributed by atoms with E-state index in [-0.39, 0.29) is 23.8 Å². The number of para-hydroxylation sites is 1. The van der Waals surface area contributed by atoms with Gasteiger partial charge in [-0.25, -0.2) is 0 Å². The summed E-state index contributed by atoms with van der Waals surface area (Å²) in [4.78, 5) is 33.4. The number of hydrogen-bond acceptors (Lipinski definition) is 6. The Morgan fingerprint density at radius 2 is 1.90 bits per heavy atom. The number of carbonyl (C=O) groups excluding carboxylic acids is 2. The van der Waals surface area contributed by atoms with Crippen LogP contribution in [-0.4, -0.2) is 28.2 Å². The van der Waals surface area contributed by atoms with E-state index in [2.05, 4.69) is 22.3 Å². The third-order valence-electron chi connectivity index (χ3n) is 7.82. The molecule has 3 aliphatic rings. The fourth-order valence-corrected chi connectivity index (χ4v) is 5.83. The van der Waals surface area contributed by atoms with Crippen LogP contribution in [0.3, 0.4) is 0 Å². The molecule has 2 amide bonds. The Hall–Kier alpha value is -4.14. The molecule has 2 aromatic carbocycles. The van der Waals surface area contributed by atoms with Gasteiger partial charge >= 0.3 is 0 Å². The van der Waals surface area contributed by atoms with Crippen molar-refractivity contribution in [2.24, 2.45) is 5.92 Å². The Balaban J connectivity index is 1.35. The van der Waals surface area contributed by atoms with E-state index in [1.807, 2.05) is 71.6 Å². The number of benzene rings is 2. The van der Waals surface area contributed by atoms with Gasteiger partial charge in [0.25, 0.3) is 0 Å². The minimum Gasteiger partial charge on any atom is -0.330 e. The SMILES string of the molecule is C[C@@H]1CCC[C@H](N2CCC(c3cc(Cl)ccc3N3C=CNN3)=CC2=O)c2cc(ccn2)-c2ccccc2NC1=O. The Kier molecular flexibility index (Phi) is 7.28. The van der Waals surface area contributed by atoms with Crippen LogP contribution in [0.15, 0.2) is 79.3 Å². The van der Waals surface area contributed by atoms with Crippen molar-refractivity contribution in [3.63, 3.8) is 0 Å². The van der Waals surface area contributed by atoms with Crippen LogP contribution in [0.2, 0.25) is 5.02 Å². The van der Waals surface area contributed by atoms with Crippen molar-refractivity contribution in [1.29, 1.82) is 0 Å². The van der Waals surface area contributed by atoms with Gasteiger partial charge in [-0.1, -0.05) is 43.1 Å². The van der Waals surface area contributed by atoms with Gasteiger partial charge < -0.3 is 15.6 Å². The van der Waals surface area contributed by atoms with Crippen LogP contribution in [-0.2, 0) is 9.59 Å². The second-order valence-electron chi connectivity index (χ2n) is 10.4. The first-order valence-corrected chi connectivity index (χ1v) is 14.0. The van der Waals surface area contributed by atoms with Gasteiger partial charge in [0.15, 0.2) is 0 Å². The molecule has 9 heteroatoms. The number of aromatic nitrogens is 1. The number of pyridine rings is 1. The predicted octanol–water partition coefficient (Wildman–Crippen LogP) is 5.82. The number of halogens is 1. The van der Waals surface area contributed by atoms with Crippen molar-refractivity contribution in [1.82, 2.24) is 20.8 Å². The average Bonchev–Trinajstić information content (AvgIpc) is 3.50. The molecule has 2 atom stereocenters. The number of rotatable bonds is 3. The maximum Gasteiger partial charge on any atom is 0.247 e. The zero-order valence-electron chi connectivity index (χ0n) is 22.2. The van der Waals surface area contributed by atoms with Crippen LogP contribution in [0.5, 0.6) is 0 Å². The Morgan fingerprint density at radius 3 is 2.73 bits per heavy atom. The van der Waals surface area contributed by atoms with E-state index < -0.39 is 0 Å². The van der Waals surface area contributed by atoms with E-state index in [1.54, 1.807) is 18.5 Å². The van der Waals surface area contributed by atoms with Crippen molar-refractivity contribution in [2.75, 3.05) is 16.9 Å². The summed E-state index contributed by atoms with van der Waals surface area (Å²) in [6.45, 7) is 2.52. The molecule has 8 nitrogen and oxygen atoms in total. The number of anilines is 2. The fourth-order valence-electron chi connectivity index (χ4n) is 5.66. The summed E-state index contributed by atoms with van der Waals surface area (Å²) in [5, 5.41) is 5.59. The maximum atomic E-state index is 13.7. The van der Waals surface area contributed by atoms with Crippen LogP contribution >= 0.6 is 11.6 Å². The van der Waals surface area contributed by atoms with Crippen LogP contribution < -0.4 is 21.3 Å². The molecule has 0 unspecified atom stereocenters. The third kappa shape index (κ3) is 5.20. The molecule has 0 radical (unpaired) electrons. The molecule has 0 saturated heterocycles. The summed E-state index contributed by atoms with van der Waals surface area (Å²) in [5.41, 5.74) is 12.3. The number of hydrogen-bond donors (Lipinski definition) is 3. The molecule has 204 valence electrons. The first-order valence-electron chi connectivity index (χ1n) is 13.6. The van der Waals surface area contributed by atoms with Crippen molar-refractivity contribution in [3.05, 3.63) is 95.6 Å². The smallest absolute Gasteiger partial charge is 0.247 e. The predicted molar refractivity (Wildman–Crippen MR) is 158 cm³/mol. The highest BCUT2D eigenvalue weighted by atomic mass is 35.5. The molecule has 4 heterocycles. The molecule has 0 aliphatic carbocycles. The molecule has 3 aliphatic heterocycles. The van der Waals surface area contributed by atoms with E-state index >= 15 is 0 Å². The maximum absolute atomic E-state index is 13.7. The number of nitrogens with zero attached hydrogens (tertiary/aromatic N) is 3. The zero-order valence-corrected chi connectivity index (χ0v) is 23.0. The van der Waals surface area contributed by atoms with Gasteiger partial charge in [0.1, 0.15) is 0 Å². The van der Waals surface area contributed by atoms with Crippen LogP contribution in [0.4, 0.5) is 11.4 Å². The molecule has 1 aromatic heterocycles. The number of nitrogens with one attached hydrogen (secondary N) is 3. The van der Waals surface area contributed by atoms with Gasteiger partial charge in [-0.2, -0.15) is 0 Å². The van der Waals surface area contributed by atoms with Gasteiger partial charge in [0.05, 0.1) is 17.4 Å². The molecule has 0 spiro atoms. The van der Waals surface area contributed by atoms with Gasteiger partial charge in [-0.05, 0) is 66.8 Å². The summed E-state index contributed by atoms with van der Waals surface area (Å²) >= 11 is 6.38. The minimum absolute atomic E-state index is 0.00957. The molecule has 40 heavy (non-hydrogen) atoms. The second kappa shape index (κ2) is 11.2. The topological polar surface area (TPSA) is 89.6 Å². The molecule has 6 rings (SSSR count). The number of amides is 2. The molecule has 3 aromatic rings. The first-order chi connectivity index (χ1) is 19.5. The minimum atomic E-state index is -0.196. The van der Waals surface area contributed by atoms with E-state index in [1.165, 1.54) is 0 Å². The van der Waals surface area contributed by atoms with Gasteiger partial charge in [-0.3, -0.25) is 19.6 Å². The Bertz CT molecular complexity index is 1520. The van der Waals surface area contributed by atoms with Gasteiger partial charge in [-0.15, -0.1) is 5.53 Å². The van der Waals surface area contributed by atoms with Crippen molar-refractivity contribution >= 4 is 40.4 Å². The molecular formula is C31H31ClN6O2. The lowest BCUT2D eigenvalue weighted by atomic mass is 9.92. The molecule has 3 N–H and O–H groups in total. The van der Waals surface area contributed by atoms with Crippen LogP contribution in [0.25, 0.3) is 16.7 Å². The van der Waals surface area contributed by atoms with Crippen molar-refractivity contribution in [2.45, 2.75) is 38.6 Å². The highest BCUT2D eigenvalue weighted by molar-refractivity contribution is 6.31. The van der Waals surface area contributed by atoms with Crippen LogP contribution in [0.1, 0.15) is 49.9 Å². The quantitative estimate of drug-likeness (QED) is 0.378. The molecular weight excluding hydrogens is 524 g/mol. The van der Waals surface area contributed by atoms with Gasteiger partial charge in [0, 0.05) is 59.0 Å². The molecule has 0 saturated carbocycles. The van der Waals surface area contributed by atoms with Crippen molar-refractivity contribution in [3.8, 4) is 11.1 Å². The average molecular weight is 555 g/mol. The highest BCUT2D eigenvalue weighted by Gasteiger charge is 2.30. The monoisotopic (exact) mass is 554 g/mol. The fraction of sp³-hybridized carbons (Fsp3) is 0.258.